The van der Waals surface area contributed by atoms with Crippen LogP contribution in [0.15, 0.2) is 11.6 Å². The van der Waals surface area contributed by atoms with E-state index < -0.39 is 18.3 Å². The molecule has 0 aromatic rings. The highest BCUT2D eigenvalue weighted by atomic mass is 16.6. The molecule has 2 fully saturated rings. The molecule has 0 saturated carbocycles. The number of carbonyl (C=O) groups excluding carboxylic acids is 1. The van der Waals surface area contributed by atoms with E-state index in [4.69, 9.17) is 14.2 Å². The van der Waals surface area contributed by atoms with Gasteiger partial charge < -0.3 is 34.6 Å². The Morgan fingerprint density at radius 2 is 1.11 bits per heavy atom. The van der Waals surface area contributed by atoms with Crippen molar-refractivity contribution < 1.29 is 39.4 Å². The first-order chi connectivity index (χ1) is 21.3. The van der Waals surface area contributed by atoms with Gasteiger partial charge in [0, 0.05) is 12.0 Å². The number of rotatable bonds is 24. The van der Waals surface area contributed by atoms with Crippen LogP contribution in [0.5, 0.6) is 0 Å². The van der Waals surface area contributed by atoms with Gasteiger partial charge in [0.2, 0.25) is 0 Å². The number of esters is 1. The van der Waals surface area contributed by atoms with Crippen molar-refractivity contribution in [2.24, 2.45) is 0 Å². The molecule has 0 unspecified atom stereocenters. The molecule has 0 amide bonds. The Kier molecular flexibility index (Phi) is 17.8. The van der Waals surface area contributed by atoms with Gasteiger partial charge in [0.05, 0.1) is 48.8 Å². The van der Waals surface area contributed by atoms with E-state index in [1.54, 1.807) is 6.08 Å². The summed E-state index contributed by atoms with van der Waals surface area (Å²) in [6, 6.07) is 0. The quantitative estimate of drug-likeness (QED) is 0.0714. The summed E-state index contributed by atoms with van der Waals surface area (Å²) in [5.41, 5.74) is 0.561. The third-order valence-electron chi connectivity index (χ3n) is 9.86. The molecule has 3 aliphatic heterocycles. The number of aliphatic hydroxyl groups is 4. The Hall–Kier alpha value is -1.03. The van der Waals surface area contributed by atoms with Crippen molar-refractivity contribution >= 4 is 5.97 Å². The highest BCUT2D eigenvalue weighted by molar-refractivity contribution is 5.90. The lowest BCUT2D eigenvalue weighted by atomic mass is 9.99. The number of ether oxygens (including phenoxy) is 3. The van der Waals surface area contributed by atoms with Gasteiger partial charge in [0.15, 0.2) is 0 Å². The van der Waals surface area contributed by atoms with E-state index in [0.29, 0.717) is 37.7 Å². The summed E-state index contributed by atoms with van der Waals surface area (Å²) in [6.07, 6.45) is 20.3. The third kappa shape index (κ3) is 13.8. The van der Waals surface area contributed by atoms with Crippen LogP contribution in [-0.2, 0) is 19.0 Å². The molecule has 3 heterocycles. The van der Waals surface area contributed by atoms with Crippen molar-refractivity contribution in [1.29, 1.82) is 0 Å². The number of hydrogen-bond acceptors (Lipinski definition) is 8. The second-order valence-corrected chi connectivity index (χ2v) is 13.9. The predicted octanol–water partition coefficient (Wildman–Crippen LogP) is 6.44. The van der Waals surface area contributed by atoms with E-state index >= 15 is 0 Å². The minimum absolute atomic E-state index is 0.00239. The molecule has 0 radical (unpaired) electrons. The number of carbonyl (C=O) groups is 1. The lowest BCUT2D eigenvalue weighted by molar-refractivity contribution is -0.139. The summed E-state index contributed by atoms with van der Waals surface area (Å²) in [4.78, 5) is 11.7. The summed E-state index contributed by atoms with van der Waals surface area (Å²) in [5.74, 6) is -0.326. The van der Waals surface area contributed by atoms with Gasteiger partial charge in [-0.25, -0.2) is 4.79 Å². The van der Waals surface area contributed by atoms with E-state index in [1.165, 1.54) is 44.9 Å². The number of cyclic esters (lactones) is 1. The number of hydrogen-bond donors (Lipinski definition) is 4. The van der Waals surface area contributed by atoms with Crippen LogP contribution < -0.4 is 0 Å². The summed E-state index contributed by atoms with van der Waals surface area (Å²) < 4.78 is 17.6. The predicted molar refractivity (Wildman–Crippen MR) is 172 cm³/mol. The average Bonchev–Trinajstić information content (AvgIpc) is 3.75. The van der Waals surface area contributed by atoms with Crippen molar-refractivity contribution in [3.8, 4) is 0 Å². The van der Waals surface area contributed by atoms with E-state index in [9.17, 15) is 25.2 Å². The molecule has 8 nitrogen and oxygen atoms in total. The zero-order valence-corrected chi connectivity index (χ0v) is 27.8. The van der Waals surface area contributed by atoms with E-state index in [0.717, 1.165) is 64.2 Å². The molecular formula is C36H64O8. The van der Waals surface area contributed by atoms with Crippen LogP contribution in [-0.4, -0.2) is 81.3 Å². The second-order valence-electron chi connectivity index (χ2n) is 13.9. The maximum Gasteiger partial charge on any atom is 0.334 e. The van der Waals surface area contributed by atoms with E-state index in [1.807, 2.05) is 6.92 Å². The molecular weight excluding hydrogens is 560 g/mol. The summed E-state index contributed by atoms with van der Waals surface area (Å²) >= 11 is 0. The fraction of sp³-hybridized carbons (Fsp3) is 0.917. The summed E-state index contributed by atoms with van der Waals surface area (Å²) in [7, 11) is 0. The standard InChI is InChI=1S/C36H64O8/c1-3-4-5-6-7-8-9-10-18-30(39)32-20-22-34(43-32)35-23-21-33(44-35)31(40)19-14-13-16-28(37)15-11-12-17-29(38)25-27-24-26(2)42-36(27)41/h24,26,28-35,37-40H,3-23,25H2,1-2H3/t26-,28+,29+,30-,31+,32+,33+,34+,35+/m0/s1. The first kappa shape index (κ1) is 37.4. The van der Waals surface area contributed by atoms with Gasteiger partial charge in [-0.15, -0.1) is 0 Å². The van der Waals surface area contributed by atoms with Crippen LogP contribution in [0.4, 0.5) is 0 Å². The topological polar surface area (TPSA) is 126 Å². The van der Waals surface area contributed by atoms with Crippen LogP contribution in [0, 0.1) is 0 Å². The molecule has 3 rings (SSSR count). The van der Waals surface area contributed by atoms with Gasteiger partial charge in [-0.3, -0.25) is 0 Å². The molecule has 8 heteroatoms. The average molecular weight is 625 g/mol. The number of aliphatic hydroxyl groups excluding tert-OH is 4. The fourth-order valence-corrected chi connectivity index (χ4v) is 7.13. The highest BCUT2D eigenvalue weighted by Gasteiger charge is 2.40. The molecule has 0 aromatic heterocycles. The first-order valence-corrected chi connectivity index (χ1v) is 18.2. The molecule has 9 atom stereocenters. The molecule has 44 heavy (non-hydrogen) atoms. The molecule has 0 spiro atoms. The van der Waals surface area contributed by atoms with Crippen molar-refractivity contribution in [3.05, 3.63) is 11.6 Å². The maximum atomic E-state index is 11.7. The Labute approximate surface area is 266 Å². The van der Waals surface area contributed by atoms with Crippen LogP contribution >= 0.6 is 0 Å². The van der Waals surface area contributed by atoms with E-state index in [-0.39, 0.29) is 42.6 Å². The van der Waals surface area contributed by atoms with Gasteiger partial charge in [-0.2, -0.15) is 0 Å². The van der Waals surface area contributed by atoms with Gasteiger partial charge in [-0.1, -0.05) is 84.0 Å². The zero-order chi connectivity index (χ0) is 31.7. The summed E-state index contributed by atoms with van der Waals surface area (Å²) in [6.45, 7) is 4.06. The fourth-order valence-electron chi connectivity index (χ4n) is 7.13. The third-order valence-corrected chi connectivity index (χ3v) is 9.86. The van der Waals surface area contributed by atoms with Crippen molar-refractivity contribution in [2.75, 3.05) is 0 Å². The lowest BCUT2D eigenvalue weighted by Crippen LogP contribution is -2.33. The lowest BCUT2D eigenvalue weighted by Gasteiger charge is -2.24. The highest BCUT2D eigenvalue weighted by Crippen LogP contribution is 2.34. The van der Waals surface area contributed by atoms with Gasteiger partial charge in [0.25, 0.3) is 0 Å². The second kappa shape index (κ2) is 21.0. The maximum absolute atomic E-state index is 11.7. The van der Waals surface area contributed by atoms with Gasteiger partial charge in [-0.05, 0) is 70.8 Å². The van der Waals surface area contributed by atoms with Gasteiger partial charge in [0.1, 0.15) is 6.10 Å². The SMILES string of the molecule is CCCCCCCCCC[C@H](O)[C@H]1CC[C@H]([C@H]2CC[C@H]([C@H](O)CCCC[C@H](O)CCCC[C@@H](O)CC3=C[C@H](C)OC3=O)O2)O1. The minimum Gasteiger partial charge on any atom is -0.455 e. The van der Waals surface area contributed by atoms with Gasteiger partial charge >= 0.3 is 5.97 Å². The van der Waals surface area contributed by atoms with Crippen LogP contribution in [0.25, 0.3) is 0 Å². The molecule has 0 bridgehead atoms. The number of unbranched alkanes of at least 4 members (excludes halogenated alkanes) is 9. The Balaban J connectivity index is 1.17. The van der Waals surface area contributed by atoms with Crippen molar-refractivity contribution in [3.63, 3.8) is 0 Å². The molecule has 0 aliphatic carbocycles. The molecule has 4 N–H and O–H groups in total. The Morgan fingerprint density at radius 1 is 0.659 bits per heavy atom. The monoisotopic (exact) mass is 624 g/mol. The molecule has 2 saturated heterocycles. The normalized spacial score (nSPS) is 28.2. The Bertz CT molecular complexity index is 818. The zero-order valence-electron chi connectivity index (χ0n) is 27.8. The smallest absolute Gasteiger partial charge is 0.334 e. The van der Waals surface area contributed by atoms with Crippen LogP contribution in [0.3, 0.4) is 0 Å². The van der Waals surface area contributed by atoms with Crippen molar-refractivity contribution in [1.82, 2.24) is 0 Å². The van der Waals surface area contributed by atoms with Crippen LogP contribution in [0.1, 0.15) is 155 Å². The minimum atomic E-state index is -0.562. The molecule has 0 aromatic carbocycles. The van der Waals surface area contributed by atoms with Crippen molar-refractivity contribution in [2.45, 2.75) is 210 Å². The Morgan fingerprint density at radius 3 is 1.61 bits per heavy atom. The van der Waals surface area contributed by atoms with E-state index in [2.05, 4.69) is 6.92 Å². The molecule has 256 valence electrons. The first-order valence-electron chi connectivity index (χ1n) is 18.2. The molecule has 3 aliphatic rings. The largest absolute Gasteiger partial charge is 0.455 e. The summed E-state index contributed by atoms with van der Waals surface area (Å²) in [5, 5.41) is 42.0. The van der Waals surface area contributed by atoms with Crippen LogP contribution in [0.2, 0.25) is 0 Å².